The minimum absolute atomic E-state index is 0.104. The van der Waals surface area contributed by atoms with Crippen molar-refractivity contribution in [1.82, 2.24) is 9.97 Å². The van der Waals surface area contributed by atoms with Crippen molar-refractivity contribution >= 4 is 29.0 Å². The van der Waals surface area contributed by atoms with Gasteiger partial charge in [0.1, 0.15) is 23.8 Å². The number of nitrogens with one attached hydrogen (secondary N) is 2. The molecule has 0 fully saturated rings. The molecule has 0 saturated heterocycles. The molecule has 6 nitrogen and oxygen atoms in total. The Morgan fingerprint density at radius 3 is 2.69 bits per heavy atom. The fourth-order valence-electron chi connectivity index (χ4n) is 2.23. The quantitative estimate of drug-likeness (QED) is 0.615. The maximum Gasteiger partial charge on any atom is 0.239 e. The Morgan fingerprint density at radius 1 is 1.04 bits per heavy atom. The van der Waals surface area contributed by atoms with Crippen LogP contribution in [0.4, 0.5) is 11.5 Å². The Morgan fingerprint density at radius 2 is 1.88 bits per heavy atom. The summed E-state index contributed by atoms with van der Waals surface area (Å²) in [5.74, 6) is 1.22. The lowest BCUT2D eigenvalue weighted by atomic mass is 10.2. The summed E-state index contributed by atoms with van der Waals surface area (Å²) in [6, 6.07) is 18.7. The Balaban J connectivity index is 1.65. The van der Waals surface area contributed by atoms with Crippen LogP contribution in [0.1, 0.15) is 5.56 Å². The van der Waals surface area contributed by atoms with Gasteiger partial charge in [-0.05, 0) is 17.7 Å². The summed E-state index contributed by atoms with van der Waals surface area (Å²) in [4.78, 5) is 19.7. The summed E-state index contributed by atoms with van der Waals surface area (Å²) in [7, 11) is 0. The molecule has 1 heterocycles. The van der Waals surface area contributed by atoms with Gasteiger partial charge in [0.2, 0.25) is 11.8 Å². The number of benzene rings is 2. The normalized spacial score (nSPS) is 10.2. The van der Waals surface area contributed by atoms with Crippen LogP contribution in [0, 0.1) is 0 Å². The van der Waals surface area contributed by atoms with Crippen molar-refractivity contribution in [3.05, 3.63) is 72.6 Å². The molecule has 3 aromatic rings. The number of carbonyl (C=O) groups excluding carboxylic acids is 1. The first-order valence-corrected chi connectivity index (χ1v) is 8.50. The summed E-state index contributed by atoms with van der Waals surface area (Å²) >= 11 is 5.50. The third-order valence-electron chi connectivity index (χ3n) is 3.42. The number of amides is 1. The van der Waals surface area contributed by atoms with Gasteiger partial charge in [-0.2, -0.15) is 0 Å². The second-order valence-electron chi connectivity index (χ2n) is 5.39. The van der Waals surface area contributed by atoms with Gasteiger partial charge in [-0.1, -0.05) is 36.4 Å². The van der Waals surface area contributed by atoms with E-state index in [1.54, 1.807) is 30.3 Å². The van der Waals surface area contributed by atoms with Crippen LogP contribution in [0.15, 0.2) is 67.0 Å². The van der Waals surface area contributed by atoms with Crippen molar-refractivity contribution in [2.24, 2.45) is 0 Å². The SMILES string of the molecule is O=C(CCl)Nc1cccc(Oc2cc(NCc3ccccc3)ncn2)c1. The van der Waals surface area contributed by atoms with Crippen molar-refractivity contribution < 1.29 is 9.53 Å². The minimum Gasteiger partial charge on any atom is -0.439 e. The number of hydrogen-bond donors (Lipinski definition) is 2. The zero-order valence-corrected chi connectivity index (χ0v) is 14.6. The van der Waals surface area contributed by atoms with Crippen molar-refractivity contribution in [2.75, 3.05) is 16.5 Å². The number of aromatic nitrogens is 2. The van der Waals surface area contributed by atoms with Gasteiger partial charge < -0.3 is 15.4 Å². The molecule has 1 aromatic heterocycles. The van der Waals surface area contributed by atoms with E-state index in [1.165, 1.54) is 6.33 Å². The summed E-state index contributed by atoms with van der Waals surface area (Å²) in [5, 5.41) is 5.90. The number of hydrogen-bond acceptors (Lipinski definition) is 5. The molecule has 0 radical (unpaired) electrons. The molecule has 7 heteroatoms. The minimum atomic E-state index is -0.279. The van der Waals surface area contributed by atoms with E-state index in [9.17, 15) is 4.79 Å². The van der Waals surface area contributed by atoms with Gasteiger partial charge in [0.25, 0.3) is 0 Å². The van der Waals surface area contributed by atoms with Gasteiger partial charge in [0.05, 0.1) is 0 Å². The van der Waals surface area contributed by atoms with Crippen LogP contribution in [0.25, 0.3) is 0 Å². The molecule has 3 rings (SSSR count). The average molecular weight is 369 g/mol. The second kappa shape index (κ2) is 8.82. The first kappa shape index (κ1) is 17.7. The topological polar surface area (TPSA) is 76.1 Å². The van der Waals surface area contributed by atoms with Gasteiger partial charge in [0, 0.05) is 24.4 Å². The highest BCUT2D eigenvalue weighted by Crippen LogP contribution is 2.24. The maximum atomic E-state index is 11.4. The van der Waals surface area contributed by atoms with Crippen LogP contribution in [0.2, 0.25) is 0 Å². The van der Waals surface area contributed by atoms with E-state index in [0.29, 0.717) is 29.7 Å². The third kappa shape index (κ3) is 5.19. The van der Waals surface area contributed by atoms with E-state index >= 15 is 0 Å². The summed E-state index contributed by atoms with van der Waals surface area (Å²) in [6.45, 7) is 0.650. The van der Waals surface area contributed by atoms with Crippen molar-refractivity contribution in [1.29, 1.82) is 0 Å². The number of rotatable bonds is 7. The lowest BCUT2D eigenvalue weighted by Crippen LogP contribution is -2.12. The van der Waals surface area contributed by atoms with E-state index in [2.05, 4.69) is 20.6 Å². The van der Waals surface area contributed by atoms with E-state index in [4.69, 9.17) is 16.3 Å². The highest BCUT2D eigenvalue weighted by molar-refractivity contribution is 6.29. The van der Waals surface area contributed by atoms with E-state index in [0.717, 1.165) is 5.56 Å². The third-order valence-corrected chi connectivity index (χ3v) is 3.66. The van der Waals surface area contributed by atoms with E-state index in [1.807, 2.05) is 30.3 Å². The van der Waals surface area contributed by atoms with Crippen molar-refractivity contribution in [2.45, 2.75) is 6.54 Å². The standard InChI is InChI=1S/C19H17ClN4O2/c20-11-18(25)24-15-7-4-8-16(9-15)26-19-10-17(22-13-23-19)21-12-14-5-2-1-3-6-14/h1-10,13H,11-12H2,(H,24,25)(H,21,22,23). The molecule has 0 saturated carbocycles. The summed E-state index contributed by atoms with van der Waals surface area (Å²) in [6.07, 6.45) is 1.43. The van der Waals surface area contributed by atoms with Crippen LogP contribution in [0.5, 0.6) is 11.6 Å². The lowest BCUT2D eigenvalue weighted by molar-refractivity contribution is -0.113. The smallest absolute Gasteiger partial charge is 0.239 e. The molecule has 0 unspecified atom stereocenters. The van der Waals surface area contributed by atoms with Gasteiger partial charge in [0.15, 0.2) is 0 Å². The van der Waals surface area contributed by atoms with Gasteiger partial charge in [-0.25, -0.2) is 9.97 Å². The first-order valence-electron chi connectivity index (χ1n) is 7.96. The molecular weight excluding hydrogens is 352 g/mol. The van der Waals surface area contributed by atoms with Crippen molar-refractivity contribution in [3.63, 3.8) is 0 Å². The van der Waals surface area contributed by atoms with Crippen LogP contribution in [-0.2, 0) is 11.3 Å². The van der Waals surface area contributed by atoms with E-state index in [-0.39, 0.29) is 11.8 Å². The first-order chi connectivity index (χ1) is 12.7. The molecule has 0 atom stereocenters. The van der Waals surface area contributed by atoms with Gasteiger partial charge in [-0.15, -0.1) is 11.6 Å². The number of carbonyl (C=O) groups is 1. The highest BCUT2D eigenvalue weighted by Gasteiger charge is 2.05. The number of alkyl halides is 1. The average Bonchev–Trinajstić information content (AvgIpc) is 2.68. The zero-order chi connectivity index (χ0) is 18.2. The molecule has 0 bridgehead atoms. The molecule has 132 valence electrons. The van der Waals surface area contributed by atoms with Crippen LogP contribution in [-0.4, -0.2) is 21.8 Å². The monoisotopic (exact) mass is 368 g/mol. The van der Waals surface area contributed by atoms with Gasteiger partial charge in [-0.3, -0.25) is 4.79 Å². The molecule has 1 amide bonds. The number of anilines is 2. The molecule has 0 aliphatic heterocycles. The van der Waals surface area contributed by atoms with Crippen LogP contribution in [0.3, 0.4) is 0 Å². The fraction of sp³-hybridized carbons (Fsp3) is 0.105. The highest BCUT2D eigenvalue weighted by atomic mass is 35.5. The molecule has 2 aromatic carbocycles. The maximum absolute atomic E-state index is 11.4. The number of nitrogens with zero attached hydrogens (tertiary/aromatic N) is 2. The van der Waals surface area contributed by atoms with Crippen LogP contribution >= 0.6 is 11.6 Å². The molecule has 0 aliphatic rings. The van der Waals surface area contributed by atoms with Crippen LogP contribution < -0.4 is 15.4 Å². The Hall–Kier alpha value is -3.12. The Labute approximate surface area is 156 Å². The fourth-order valence-corrected chi connectivity index (χ4v) is 2.30. The molecular formula is C19H17ClN4O2. The Bertz CT molecular complexity index is 874. The largest absolute Gasteiger partial charge is 0.439 e. The zero-order valence-electron chi connectivity index (χ0n) is 13.9. The lowest BCUT2D eigenvalue weighted by Gasteiger charge is -2.09. The predicted octanol–water partition coefficient (Wildman–Crippen LogP) is 4.06. The molecule has 2 N–H and O–H groups in total. The molecule has 26 heavy (non-hydrogen) atoms. The Kier molecular flexibility index (Phi) is 6.01. The molecule has 0 aliphatic carbocycles. The number of halogens is 1. The second-order valence-corrected chi connectivity index (χ2v) is 5.66. The van der Waals surface area contributed by atoms with Gasteiger partial charge >= 0.3 is 0 Å². The summed E-state index contributed by atoms with van der Waals surface area (Å²) in [5.41, 5.74) is 1.75. The molecule has 0 spiro atoms. The summed E-state index contributed by atoms with van der Waals surface area (Å²) < 4.78 is 5.75. The predicted molar refractivity (Wildman–Crippen MR) is 102 cm³/mol. The number of ether oxygens (including phenoxy) is 1. The van der Waals surface area contributed by atoms with E-state index < -0.39 is 0 Å². The van der Waals surface area contributed by atoms with Crippen molar-refractivity contribution in [3.8, 4) is 11.6 Å².